The van der Waals surface area contributed by atoms with Crippen molar-refractivity contribution in [1.29, 1.82) is 0 Å². The molecule has 0 aliphatic heterocycles. The molecule has 14 heavy (non-hydrogen) atoms. The summed E-state index contributed by atoms with van der Waals surface area (Å²) in [4.78, 5) is 0. The predicted molar refractivity (Wildman–Crippen MR) is 59.1 cm³/mol. The van der Waals surface area contributed by atoms with E-state index in [9.17, 15) is 0 Å². The molecule has 0 heterocycles. The van der Waals surface area contributed by atoms with Gasteiger partial charge in [-0.15, -0.1) is 0 Å². The number of nitrogens with two attached hydrogens (primary N) is 1. The molecule has 0 amide bonds. The van der Waals surface area contributed by atoms with Crippen molar-refractivity contribution in [2.24, 2.45) is 5.73 Å². The minimum Gasteiger partial charge on any atom is -0.363 e. The minimum atomic E-state index is -0.316. The van der Waals surface area contributed by atoms with E-state index >= 15 is 0 Å². The highest BCUT2D eigenvalue weighted by Gasteiger charge is 2.13. The second kappa shape index (κ2) is 4.11. The second-order valence-electron chi connectivity index (χ2n) is 4.53. The van der Waals surface area contributed by atoms with Gasteiger partial charge in [-0.05, 0) is 16.5 Å². The molecular formula is C12H19NO. The zero-order valence-electron chi connectivity index (χ0n) is 9.37. The molecule has 2 N–H and O–H groups in total. The molecule has 1 aromatic rings. The van der Waals surface area contributed by atoms with Gasteiger partial charge in [-0.25, -0.2) is 0 Å². The van der Waals surface area contributed by atoms with Crippen LogP contribution < -0.4 is 5.73 Å². The maximum absolute atomic E-state index is 5.73. The molecular weight excluding hydrogens is 174 g/mol. The zero-order chi connectivity index (χ0) is 10.8. The number of methoxy groups -OCH3 is 1. The topological polar surface area (TPSA) is 35.2 Å². The van der Waals surface area contributed by atoms with E-state index in [1.807, 2.05) is 12.1 Å². The molecule has 0 radical (unpaired) electrons. The van der Waals surface area contributed by atoms with Crippen LogP contribution in [0.1, 0.15) is 38.1 Å². The fourth-order valence-electron chi connectivity index (χ4n) is 1.31. The van der Waals surface area contributed by atoms with Crippen LogP contribution in [0.15, 0.2) is 24.3 Å². The predicted octanol–water partition coefficient (Wildman–Crippen LogP) is 2.59. The van der Waals surface area contributed by atoms with Gasteiger partial charge >= 0.3 is 0 Å². The second-order valence-corrected chi connectivity index (χ2v) is 4.53. The monoisotopic (exact) mass is 193 g/mol. The van der Waals surface area contributed by atoms with Crippen molar-refractivity contribution >= 4 is 0 Å². The summed E-state index contributed by atoms with van der Waals surface area (Å²) >= 11 is 0. The third-order valence-corrected chi connectivity index (χ3v) is 2.36. The van der Waals surface area contributed by atoms with Gasteiger partial charge in [-0.3, -0.25) is 0 Å². The number of rotatable bonds is 2. The molecule has 2 nitrogen and oxygen atoms in total. The van der Waals surface area contributed by atoms with Crippen molar-refractivity contribution < 1.29 is 4.74 Å². The van der Waals surface area contributed by atoms with Crippen LogP contribution in [0.5, 0.6) is 0 Å². The van der Waals surface area contributed by atoms with Gasteiger partial charge in [0, 0.05) is 7.11 Å². The van der Waals surface area contributed by atoms with Crippen LogP contribution in [0.2, 0.25) is 0 Å². The molecule has 0 spiro atoms. The first-order valence-electron chi connectivity index (χ1n) is 4.84. The lowest BCUT2D eigenvalue weighted by Gasteiger charge is -2.20. The maximum atomic E-state index is 5.73. The molecule has 0 saturated heterocycles. The van der Waals surface area contributed by atoms with Gasteiger partial charge in [-0.2, -0.15) is 0 Å². The Morgan fingerprint density at radius 1 is 1.14 bits per heavy atom. The summed E-state index contributed by atoms with van der Waals surface area (Å²) in [6, 6.07) is 8.26. The lowest BCUT2D eigenvalue weighted by molar-refractivity contribution is 0.109. The van der Waals surface area contributed by atoms with E-state index in [0.29, 0.717) is 0 Å². The van der Waals surface area contributed by atoms with E-state index < -0.39 is 0 Å². The van der Waals surface area contributed by atoms with E-state index in [-0.39, 0.29) is 11.6 Å². The lowest BCUT2D eigenvalue weighted by atomic mass is 9.86. The number of hydrogen-bond acceptors (Lipinski definition) is 2. The van der Waals surface area contributed by atoms with Crippen LogP contribution in [-0.2, 0) is 10.2 Å². The molecule has 0 aromatic heterocycles. The molecule has 0 aliphatic carbocycles. The van der Waals surface area contributed by atoms with Crippen LogP contribution in [0.25, 0.3) is 0 Å². The van der Waals surface area contributed by atoms with Crippen LogP contribution in [-0.4, -0.2) is 7.11 Å². The molecule has 0 saturated carbocycles. The highest BCUT2D eigenvalue weighted by Crippen LogP contribution is 2.23. The third-order valence-electron chi connectivity index (χ3n) is 2.36. The van der Waals surface area contributed by atoms with Crippen molar-refractivity contribution in [2.45, 2.75) is 32.4 Å². The normalized spacial score (nSPS) is 14.1. The lowest BCUT2D eigenvalue weighted by Crippen LogP contribution is -2.14. The molecule has 2 heteroatoms. The van der Waals surface area contributed by atoms with E-state index in [1.165, 1.54) is 5.56 Å². The fourth-order valence-corrected chi connectivity index (χ4v) is 1.31. The van der Waals surface area contributed by atoms with Gasteiger partial charge in [0.15, 0.2) is 0 Å². The molecule has 1 aromatic carbocycles. The molecule has 78 valence electrons. The molecule has 0 fully saturated rings. The van der Waals surface area contributed by atoms with E-state index in [2.05, 4.69) is 32.9 Å². The van der Waals surface area contributed by atoms with Gasteiger partial charge in [0.05, 0.1) is 0 Å². The average molecular weight is 193 g/mol. The minimum absolute atomic E-state index is 0.190. The van der Waals surface area contributed by atoms with Crippen LogP contribution in [0.3, 0.4) is 0 Å². The Hall–Kier alpha value is -0.860. The van der Waals surface area contributed by atoms with E-state index in [4.69, 9.17) is 10.5 Å². The van der Waals surface area contributed by atoms with Gasteiger partial charge in [0.1, 0.15) is 6.23 Å². The Kier molecular flexibility index (Phi) is 3.29. The van der Waals surface area contributed by atoms with Crippen molar-refractivity contribution in [3.8, 4) is 0 Å². The van der Waals surface area contributed by atoms with E-state index in [1.54, 1.807) is 7.11 Å². The van der Waals surface area contributed by atoms with Crippen molar-refractivity contribution in [1.82, 2.24) is 0 Å². The Balaban J connectivity index is 2.89. The molecule has 1 atom stereocenters. The fraction of sp³-hybridized carbons (Fsp3) is 0.500. The Labute approximate surface area is 86.1 Å². The number of benzene rings is 1. The Morgan fingerprint density at radius 3 is 2.00 bits per heavy atom. The van der Waals surface area contributed by atoms with Crippen LogP contribution in [0, 0.1) is 0 Å². The molecule has 1 unspecified atom stereocenters. The Morgan fingerprint density at radius 2 is 1.64 bits per heavy atom. The van der Waals surface area contributed by atoms with Crippen molar-refractivity contribution in [3.05, 3.63) is 35.4 Å². The van der Waals surface area contributed by atoms with Crippen LogP contribution in [0.4, 0.5) is 0 Å². The highest BCUT2D eigenvalue weighted by molar-refractivity contribution is 5.28. The standard InChI is InChI=1S/C12H19NO/c1-12(2,3)10-7-5-9(6-8-10)11(13)14-4/h5-8,11H,13H2,1-4H3. The van der Waals surface area contributed by atoms with Gasteiger partial charge in [0.2, 0.25) is 0 Å². The quantitative estimate of drug-likeness (QED) is 0.733. The number of ether oxygens (including phenoxy) is 1. The summed E-state index contributed by atoms with van der Waals surface area (Å²) in [6.45, 7) is 6.58. The summed E-state index contributed by atoms with van der Waals surface area (Å²) in [7, 11) is 1.61. The van der Waals surface area contributed by atoms with Crippen molar-refractivity contribution in [3.63, 3.8) is 0 Å². The summed E-state index contributed by atoms with van der Waals surface area (Å²) in [6.07, 6.45) is -0.316. The van der Waals surface area contributed by atoms with Gasteiger partial charge in [-0.1, -0.05) is 45.0 Å². The first-order valence-corrected chi connectivity index (χ1v) is 4.84. The molecule has 0 bridgehead atoms. The summed E-state index contributed by atoms with van der Waals surface area (Å²) in [5.74, 6) is 0. The van der Waals surface area contributed by atoms with Crippen LogP contribution >= 0.6 is 0 Å². The van der Waals surface area contributed by atoms with Gasteiger partial charge in [0.25, 0.3) is 0 Å². The third kappa shape index (κ3) is 2.56. The first kappa shape index (κ1) is 11.2. The van der Waals surface area contributed by atoms with E-state index in [0.717, 1.165) is 5.56 Å². The maximum Gasteiger partial charge on any atom is 0.131 e. The SMILES string of the molecule is COC(N)c1ccc(C(C)(C)C)cc1. The highest BCUT2D eigenvalue weighted by atomic mass is 16.5. The summed E-state index contributed by atoms with van der Waals surface area (Å²) < 4.78 is 5.04. The van der Waals surface area contributed by atoms with Gasteiger partial charge < -0.3 is 10.5 Å². The summed E-state index contributed by atoms with van der Waals surface area (Å²) in [5, 5.41) is 0. The molecule has 1 rings (SSSR count). The average Bonchev–Trinajstić information content (AvgIpc) is 2.15. The molecule has 0 aliphatic rings. The zero-order valence-corrected chi connectivity index (χ0v) is 9.37. The first-order chi connectivity index (χ1) is 6.45. The largest absolute Gasteiger partial charge is 0.363 e. The smallest absolute Gasteiger partial charge is 0.131 e. The number of hydrogen-bond donors (Lipinski definition) is 1. The Bertz CT molecular complexity index is 284. The summed E-state index contributed by atoms with van der Waals surface area (Å²) in [5.41, 5.74) is 8.25. The van der Waals surface area contributed by atoms with Crippen molar-refractivity contribution in [2.75, 3.05) is 7.11 Å².